The van der Waals surface area contributed by atoms with Gasteiger partial charge in [0.1, 0.15) is 12.3 Å². The lowest BCUT2D eigenvalue weighted by Gasteiger charge is -2.36. The van der Waals surface area contributed by atoms with Gasteiger partial charge in [-0.15, -0.1) is 0 Å². The van der Waals surface area contributed by atoms with Crippen LogP contribution < -0.4 is 10.3 Å². The van der Waals surface area contributed by atoms with Crippen molar-refractivity contribution in [3.63, 3.8) is 0 Å². The van der Waals surface area contributed by atoms with Crippen LogP contribution in [0, 0.1) is 5.92 Å². The van der Waals surface area contributed by atoms with Crippen molar-refractivity contribution in [2.75, 3.05) is 19.6 Å². The van der Waals surface area contributed by atoms with Gasteiger partial charge in [0.2, 0.25) is 0 Å². The number of nitrogens with one attached hydrogen (secondary N) is 2. The van der Waals surface area contributed by atoms with Gasteiger partial charge >= 0.3 is 0 Å². The highest BCUT2D eigenvalue weighted by Crippen LogP contribution is 2.15. The van der Waals surface area contributed by atoms with E-state index in [9.17, 15) is 9.90 Å². The van der Waals surface area contributed by atoms with Gasteiger partial charge in [0.25, 0.3) is 5.91 Å². The molecule has 1 aromatic rings. The van der Waals surface area contributed by atoms with Gasteiger partial charge in [-0.1, -0.05) is 0 Å². The third-order valence-electron chi connectivity index (χ3n) is 4.03. The summed E-state index contributed by atoms with van der Waals surface area (Å²) in [5.41, 5.74) is 4.26. The van der Waals surface area contributed by atoms with Crippen molar-refractivity contribution >= 4 is 11.6 Å². The first kappa shape index (κ1) is 12.2. The van der Waals surface area contributed by atoms with Crippen LogP contribution in [0.25, 0.3) is 0 Å². The molecular formula is C14H18N3O2+. The van der Waals surface area contributed by atoms with Crippen LogP contribution in [0.15, 0.2) is 29.4 Å². The Morgan fingerprint density at radius 2 is 1.95 bits per heavy atom. The molecule has 3 heterocycles. The number of carbonyl (C=O) groups is 1. The second-order valence-electron chi connectivity index (χ2n) is 5.29. The Hall–Kier alpha value is -1.88. The van der Waals surface area contributed by atoms with Crippen molar-refractivity contribution in [1.29, 1.82) is 0 Å². The van der Waals surface area contributed by atoms with E-state index in [0.717, 1.165) is 12.3 Å². The number of hydrogen-bond acceptors (Lipinski definition) is 3. The number of rotatable bonds is 2. The van der Waals surface area contributed by atoms with Gasteiger partial charge in [0, 0.05) is 24.3 Å². The first-order chi connectivity index (χ1) is 9.22. The second-order valence-corrected chi connectivity index (χ2v) is 5.29. The van der Waals surface area contributed by atoms with Gasteiger partial charge in [0.05, 0.1) is 18.8 Å². The zero-order valence-electron chi connectivity index (χ0n) is 10.7. The molecule has 5 heteroatoms. The SMILES string of the molecule is O=C(N/N=C1\C[NH+]2CCC1CC2)c1ccc(O)cc1. The number of piperidine rings is 3. The Kier molecular flexibility index (Phi) is 3.21. The molecule has 2 bridgehead atoms. The van der Waals surface area contributed by atoms with E-state index in [0.29, 0.717) is 11.5 Å². The molecule has 100 valence electrons. The molecule has 0 unspecified atom stereocenters. The molecule has 19 heavy (non-hydrogen) atoms. The molecular weight excluding hydrogens is 242 g/mol. The maximum atomic E-state index is 11.9. The number of fused-ring (bicyclic) bond motifs is 3. The van der Waals surface area contributed by atoms with Gasteiger partial charge in [-0.2, -0.15) is 5.10 Å². The number of hydrazone groups is 1. The van der Waals surface area contributed by atoms with E-state index in [2.05, 4.69) is 10.5 Å². The Balaban J connectivity index is 1.65. The average molecular weight is 260 g/mol. The minimum atomic E-state index is -0.223. The van der Waals surface area contributed by atoms with E-state index in [1.54, 1.807) is 17.0 Å². The summed E-state index contributed by atoms with van der Waals surface area (Å²) in [6, 6.07) is 6.18. The predicted octanol–water partition coefficient (Wildman–Crippen LogP) is -0.213. The first-order valence-electron chi connectivity index (χ1n) is 6.72. The minimum Gasteiger partial charge on any atom is -0.508 e. The molecule has 0 atom stereocenters. The number of phenolic OH excluding ortho intramolecular Hbond substituents is 1. The van der Waals surface area contributed by atoms with Crippen molar-refractivity contribution in [3.05, 3.63) is 29.8 Å². The van der Waals surface area contributed by atoms with Crippen LogP contribution in [-0.4, -0.2) is 36.4 Å². The molecule has 1 amide bonds. The number of carbonyl (C=O) groups excluding carboxylic acids is 1. The Bertz CT molecular complexity index is 502. The van der Waals surface area contributed by atoms with Gasteiger partial charge in [0.15, 0.2) is 0 Å². The molecule has 3 aliphatic heterocycles. The van der Waals surface area contributed by atoms with Crippen molar-refractivity contribution in [1.82, 2.24) is 5.43 Å². The fourth-order valence-electron chi connectivity index (χ4n) is 2.87. The summed E-state index contributed by atoms with van der Waals surface area (Å²) in [6.07, 6.45) is 2.37. The normalized spacial score (nSPS) is 27.5. The minimum absolute atomic E-state index is 0.156. The standard InChI is InChI=1S/C14H17N3O2/c18-12-3-1-11(2-4-12)14(19)16-15-13-9-17-7-5-10(13)6-8-17/h1-4,10,18H,5-9H2,(H,16,19)/p+1/b15-13+. The molecule has 3 saturated heterocycles. The molecule has 0 aromatic heterocycles. The van der Waals surface area contributed by atoms with E-state index in [1.807, 2.05) is 0 Å². The molecule has 0 aliphatic carbocycles. The third-order valence-corrected chi connectivity index (χ3v) is 4.03. The van der Waals surface area contributed by atoms with Crippen LogP contribution in [0.3, 0.4) is 0 Å². The number of phenols is 1. The molecule has 3 fully saturated rings. The van der Waals surface area contributed by atoms with E-state index >= 15 is 0 Å². The number of aromatic hydroxyl groups is 1. The van der Waals surface area contributed by atoms with Gasteiger partial charge in [-0.3, -0.25) is 4.79 Å². The lowest BCUT2D eigenvalue weighted by molar-refractivity contribution is -0.902. The topological polar surface area (TPSA) is 66.1 Å². The Morgan fingerprint density at radius 3 is 2.53 bits per heavy atom. The van der Waals surface area contributed by atoms with Gasteiger partial charge in [-0.25, -0.2) is 5.43 Å². The number of quaternary nitrogens is 1. The summed E-state index contributed by atoms with van der Waals surface area (Å²) >= 11 is 0. The van der Waals surface area contributed by atoms with Crippen LogP contribution in [0.4, 0.5) is 0 Å². The zero-order chi connectivity index (χ0) is 13.2. The lowest BCUT2D eigenvalue weighted by atomic mass is 9.87. The zero-order valence-corrected chi connectivity index (χ0v) is 10.7. The number of amides is 1. The highest BCUT2D eigenvalue weighted by Gasteiger charge is 2.34. The fourth-order valence-corrected chi connectivity index (χ4v) is 2.87. The van der Waals surface area contributed by atoms with Crippen LogP contribution in [0.2, 0.25) is 0 Å². The molecule has 5 nitrogen and oxygen atoms in total. The summed E-state index contributed by atoms with van der Waals surface area (Å²) in [6.45, 7) is 3.42. The summed E-state index contributed by atoms with van der Waals surface area (Å²) in [7, 11) is 0. The van der Waals surface area contributed by atoms with Crippen LogP contribution in [-0.2, 0) is 0 Å². The van der Waals surface area contributed by atoms with Crippen molar-refractivity contribution in [2.24, 2.45) is 11.0 Å². The number of hydrogen-bond donors (Lipinski definition) is 3. The van der Waals surface area contributed by atoms with E-state index in [4.69, 9.17) is 0 Å². The molecule has 0 spiro atoms. The Labute approximate surface area is 111 Å². The predicted molar refractivity (Wildman–Crippen MR) is 71.3 cm³/mol. The number of benzene rings is 1. The van der Waals surface area contributed by atoms with Crippen LogP contribution >= 0.6 is 0 Å². The second kappa shape index (κ2) is 5.01. The van der Waals surface area contributed by atoms with E-state index < -0.39 is 0 Å². The highest BCUT2D eigenvalue weighted by atomic mass is 16.3. The summed E-state index contributed by atoms with van der Waals surface area (Å²) in [5.74, 6) is 0.486. The molecule has 4 rings (SSSR count). The van der Waals surface area contributed by atoms with Crippen molar-refractivity contribution in [2.45, 2.75) is 12.8 Å². The Morgan fingerprint density at radius 1 is 1.26 bits per heavy atom. The third kappa shape index (κ3) is 2.61. The van der Waals surface area contributed by atoms with Crippen molar-refractivity contribution < 1.29 is 14.8 Å². The maximum absolute atomic E-state index is 11.9. The maximum Gasteiger partial charge on any atom is 0.271 e. The quantitative estimate of drug-likeness (QED) is 0.644. The average Bonchev–Trinajstić information content (AvgIpc) is 2.47. The monoisotopic (exact) mass is 260 g/mol. The lowest BCUT2D eigenvalue weighted by Crippen LogP contribution is -3.16. The van der Waals surface area contributed by atoms with Crippen LogP contribution in [0.5, 0.6) is 5.75 Å². The molecule has 0 saturated carbocycles. The fraction of sp³-hybridized carbons (Fsp3) is 0.429. The van der Waals surface area contributed by atoms with Gasteiger partial charge in [-0.05, 0) is 24.3 Å². The summed E-state index contributed by atoms with van der Waals surface area (Å²) in [5, 5.41) is 13.5. The molecule has 3 aliphatic rings. The van der Waals surface area contributed by atoms with Gasteiger partial charge < -0.3 is 10.0 Å². The van der Waals surface area contributed by atoms with E-state index in [-0.39, 0.29) is 11.7 Å². The van der Waals surface area contributed by atoms with Crippen molar-refractivity contribution in [3.8, 4) is 5.75 Å². The molecule has 1 aromatic carbocycles. The smallest absolute Gasteiger partial charge is 0.271 e. The largest absolute Gasteiger partial charge is 0.508 e. The summed E-state index contributed by atoms with van der Waals surface area (Å²) in [4.78, 5) is 13.5. The highest BCUT2D eigenvalue weighted by molar-refractivity contribution is 5.96. The first-order valence-corrected chi connectivity index (χ1v) is 6.72. The molecule has 0 radical (unpaired) electrons. The van der Waals surface area contributed by atoms with E-state index in [1.165, 1.54) is 38.1 Å². The molecule has 3 N–H and O–H groups in total. The summed E-state index contributed by atoms with van der Waals surface area (Å²) < 4.78 is 0. The number of nitrogens with zero attached hydrogens (tertiary/aromatic N) is 1. The van der Waals surface area contributed by atoms with Crippen LogP contribution in [0.1, 0.15) is 23.2 Å².